The Kier molecular flexibility index (Phi) is 4.42. The summed E-state index contributed by atoms with van der Waals surface area (Å²) in [7, 11) is 1.50. The molecule has 1 heterocycles. The minimum atomic E-state index is -1.00. The van der Waals surface area contributed by atoms with Crippen LogP contribution in [0.1, 0.15) is 31.9 Å². The lowest BCUT2D eigenvalue weighted by atomic mass is 9.92. The van der Waals surface area contributed by atoms with Gasteiger partial charge in [0.05, 0.1) is 19.1 Å². The maximum Gasteiger partial charge on any atom is 0.309 e. The molecule has 21 heavy (non-hydrogen) atoms. The highest BCUT2D eigenvalue weighted by atomic mass is 35.5. The standard InChI is InChI=1S/C15H18ClNO4/c1-8(2)17-12(18)7-9(15(19)20)14(17)13-10(16)5-4-6-11(13)21-3/h4-6,8-9,14H,7H2,1-3H3,(H,19,20). The Labute approximate surface area is 128 Å². The second-order valence-corrected chi connectivity index (χ2v) is 5.75. The molecule has 0 aliphatic carbocycles. The average Bonchev–Trinajstić information content (AvgIpc) is 2.75. The van der Waals surface area contributed by atoms with E-state index in [0.717, 1.165) is 0 Å². The highest BCUT2D eigenvalue weighted by Crippen LogP contribution is 2.45. The summed E-state index contributed by atoms with van der Waals surface area (Å²) in [5.74, 6) is -1.50. The maximum absolute atomic E-state index is 12.2. The molecule has 1 aromatic rings. The Morgan fingerprint density at radius 1 is 1.48 bits per heavy atom. The minimum absolute atomic E-state index is 0.0213. The fraction of sp³-hybridized carbons (Fsp3) is 0.467. The topological polar surface area (TPSA) is 66.8 Å². The Hall–Kier alpha value is -1.75. The molecule has 114 valence electrons. The lowest BCUT2D eigenvalue weighted by molar-refractivity contribution is -0.142. The van der Waals surface area contributed by atoms with E-state index in [-0.39, 0.29) is 18.4 Å². The van der Waals surface area contributed by atoms with Gasteiger partial charge in [0.1, 0.15) is 5.75 Å². The second kappa shape index (κ2) is 5.93. The van der Waals surface area contributed by atoms with E-state index in [1.807, 2.05) is 13.8 Å². The van der Waals surface area contributed by atoms with Gasteiger partial charge in [-0.3, -0.25) is 9.59 Å². The zero-order valence-electron chi connectivity index (χ0n) is 12.2. The zero-order valence-corrected chi connectivity index (χ0v) is 12.9. The van der Waals surface area contributed by atoms with Crippen molar-refractivity contribution in [3.8, 4) is 5.75 Å². The van der Waals surface area contributed by atoms with Crippen molar-refractivity contribution in [3.05, 3.63) is 28.8 Å². The van der Waals surface area contributed by atoms with Gasteiger partial charge in [-0.25, -0.2) is 0 Å². The number of aliphatic carboxylic acids is 1. The molecule has 0 radical (unpaired) electrons. The number of carbonyl (C=O) groups excluding carboxylic acids is 1. The number of likely N-dealkylation sites (tertiary alicyclic amines) is 1. The fourth-order valence-electron chi connectivity index (χ4n) is 2.91. The van der Waals surface area contributed by atoms with Crippen molar-refractivity contribution in [3.63, 3.8) is 0 Å². The van der Waals surface area contributed by atoms with Crippen LogP contribution in [-0.4, -0.2) is 35.0 Å². The van der Waals surface area contributed by atoms with Crippen LogP contribution in [0.15, 0.2) is 18.2 Å². The van der Waals surface area contributed by atoms with Gasteiger partial charge in [-0.05, 0) is 26.0 Å². The number of carboxylic acid groups (broad SMARTS) is 1. The first-order valence-electron chi connectivity index (χ1n) is 6.74. The van der Waals surface area contributed by atoms with Crippen molar-refractivity contribution < 1.29 is 19.4 Å². The van der Waals surface area contributed by atoms with Gasteiger partial charge in [0.15, 0.2) is 0 Å². The minimum Gasteiger partial charge on any atom is -0.496 e. The predicted octanol–water partition coefficient (Wildman–Crippen LogP) is 2.73. The fourth-order valence-corrected chi connectivity index (χ4v) is 3.19. The first kappa shape index (κ1) is 15.6. The van der Waals surface area contributed by atoms with E-state index in [1.54, 1.807) is 23.1 Å². The summed E-state index contributed by atoms with van der Waals surface area (Å²) in [5.41, 5.74) is 0.564. The molecule has 1 N–H and O–H groups in total. The smallest absolute Gasteiger partial charge is 0.309 e. The van der Waals surface area contributed by atoms with Gasteiger partial charge in [0, 0.05) is 23.0 Å². The number of carboxylic acids is 1. The summed E-state index contributed by atoms with van der Waals surface area (Å²) in [6.45, 7) is 3.72. The van der Waals surface area contributed by atoms with Gasteiger partial charge in [-0.15, -0.1) is 0 Å². The second-order valence-electron chi connectivity index (χ2n) is 5.34. The number of amides is 1. The molecular formula is C15H18ClNO4. The molecule has 2 rings (SSSR count). The molecule has 0 saturated carbocycles. The lowest BCUT2D eigenvalue weighted by Gasteiger charge is -2.32. The summed E-state index contributed by atoms with van der Waals surface area (Å²) in [6, 6.07) is 4.41. The summed E-state index contributed by atoms with van der Waals surface area (Å²) in [4.78, 5) is 25.3. The molecule has 2 unspecified atom stereocenters. The molecule has 2 atom stereocenters. The lowest BCUT2D eigenvalue weighted by Crippen LogP contribution is -2.36. The van der Waals surface area contributed by atoms with Crippen LogP contribution in [0.4, 0.5) is 0 Å². The van der Waals surface area contributed by atoms with Crippen molar-refractivity contribution in [2.75, 3.05) is 7.11 Å². The molecule has 1 amide bonds. The highest BCUT2D eigenvalue weighted by molar-refractivity contribution is 6.31. The number of hydrogen-bond acceptors (Lipinski definition) is 3. The molecule has 1 fully saturated rings. The molecule has 0 bridgehead atoms. The Bertz CT molecular complexity index is 573. The molecular weight excluding hydrogens is 294 g/mol. The summed E-state index contributed by atoms with van der Waals surface area (Å²) in [5, 5.41) is 9.86. The van der Waals surface area contributed by atoms with Gasteiger partial charge in [0.2, 0.25) is 5.91 Å². The number of nitrogens with zero attached hydrogens (tertiary/aromatic N) is 1. The van der Waals surface area contributed by atoms with E-state index in [0.29, 0.717) is 16.3 Å². The zero-order chi connectivity index (χ0) is 15.7. The molecule has 1 aromatic carbocycles. The molecule has 5 nitrogen and oxygen atoms in total. The van der Waals surface area contributed by atoms with Crippen LogP contribution in [0.5, 0.6) is 5.75 Å². The van der Waals surface area contributed by atoms with Crippen molar-refractivity contribution in [2.45, 2.75) is 32.4 Å². The number of hydrogen-bond donors (Lipinski definition) is 1. The number of ether oxygens (including phenoxy) is 1. The van der Waals surface area contributed by atoms with Crippen LogP contribution in [0.3, 0.4) is 0 Å². The van der Waals surface area contributed by atoms with Crippen LogP contribution in [0.2, 0.25) is 5.02 Å². The first-order valence-corrected chi connectivity index (χ1v) is 7.12. The van der Waals surface area contributed by atoms with E-state index in [2.05, 4.69) is 0 Å². The van der Waals surface area contributed by atoms with E-state index in [9.17, 15) is 14.7 Å². The Balaban J connectivity index is 2.61. The Morgan fingerprint density at radius 2 is 2.14 bits per heavy atom. The predicted molar refractivity (Wildman–Crippen MR) is 78.5 cm³/mol. The third kappa shape index (κ3) is 2.70. The summed E-state index contributed by atoms with van der Waals surface area (Å²) in [6.07, 6.45) is -0.0213. The first-order chi connectivity index (χ1) is 9.88. The Morgan fingerprint density at radius 3 is 2.67 bits per heavy atom. The maximum atomic E-state index is 12.2. The quantitative estimate of drug-likeness (QED) is 0.928. The number of benzene rings is 1. The van der Waals surface area contributed by atoms with E-state index in [1.165, 1.54) is 7.11 Å². The van der Waals surface area contributed by atoms with Gasteiger partial charge in [-0.1, -0.05) is 17.7 Å². The van der Waals surface area contributed by atoms with Crippen LogP contribution in [0.25, 0.3) is 0 Å². The highest BCUT2D eigenvalue weighted by Gasteiger charge is 2.47. The average molecular weight is 312 g/mol. The largest absolute Gasteiger partial charge is 0.496 e. The van der Waals surface area contributed by atoms with E-state index in [4.69, 9.17) is 16.3 Å². The molecule has 1 saturated heterocycles. The molecule has 1 aliphatic heterocycles. The van der Waals surface area contributed by atoms with Gasteiger partial charge < -0.3 is 14.7 Å². The van der Waals surface area contributed by atoms with Crippen LogP contribution in [-0.2, 0) is 9.59 Å². The van der Waals surface area contributed by atoms with Crippen molar-refractivity contribution in [2.24, 2.45) is 5.92 Å². The summed E-state index contributed by atoms with van der Waals surface area (Å²) >= 11 is 6.27. The molecule has 0 aromatic heterocycles. The van der Waals surface area contributed by atoms with Crippen LogP contribution < -0.4 is 4.74 Å². The van der Waals surface area contributed by atoms with E-state index < -0.39 is 17.9 Å². The number of halogens is 1. The van der Waals surface area contributed by atoms with Crippen LogP contribution in [0, 0.1) is 5.92 Å². The summed E-state index contributed by atoms with van der Waals surface area (Å²) < 4.78 is 5.31. The third-order valence-electron chi connectivity index (χ3n) is 3.77. The number of rotatable bonds is 4. The van der Waals surface area contributed by atoms with Crippen molar-refractivity contribution >= 4 is 23.5 Å². The SMILES string of the molecule is COc1cccc(Cl)c1C1C(C(=O)O)CC(=O)N1C(C)C. The van der Waals surface area contributed by atoms with Crippen molar-refractivity contribution in [1.29, 1.82) is 0 Å². The molecule has 0 spiro atoms. The van der Waals surface area contributed by atoms with Crippen LogP contribution >= 0.6 is 11.6 Å². The van der Waals surface area contributed by atoms with Gasteiger partial charge >= 0.3 is 5.97 Å². The normalized spacial score (nSPS) is 22.0. The molecule has 6 heteroatoms. The number of methoxy groups -OCH3 is 1. The van der Waals surface area contributed by atoms with Gasteiger partial charge in [0.25, 0.3) is 0 Å². The van der Waals surface area contributed by atoms with Crippen molar-refractivity contribution in [1.82, 2.24) is 4.90 Å². The monoisotopic (exact) mass is 311 g/mol. The third-order valence-corrected chi connectivity index (χ3v) is 4.10. The van der Waals surface area contributed by atoms with Gasteiger partial charge in [-0.2, -0.15) is 0 Å². The van der Waals surface area contributed by atoms with E-state index >= 15 is 0 Å². The number of carbonyl (C=O) groups is 2. The molecule has 1 aliphatic rings.